The van der Waals surface area contributed by atoms with Crippen LogP contribution in [-0.4, -0.2) is 33.4 Å². The van der Waals surface area contributed by atoms with Crippen LogP contribution in [-0.2, 0) is 15.9 Å². The highest BCUT2D eigenvalue weighted by Crippen LogP contribution is 2.28. The van der Waals surface area contributed by atoms with E-state index in [0.29, 0.717) is 11.1 Å². The minimum atomic E-state index is -3.68. The van der Waals surface area contributed by atoms with Crippen LogP contribution in [0, 0.1) is 11.3 Å². The quantitative estimate of drug-likeness (QED) is 0.860. The zero-order chi connectivity index (χ0) is 18.7. The van der Waals surface area contributed by atoms with Gasteiger partial charge in [0.25, 0.3) is 10.2 Å². The zero-order valence-electron chi connectivity index (χ0n) is 14.3. The van der Waals surface area contributed by atoms with Gasteiger partial charge in [-0.1, -0.05) is 36.4 Å². The zero-order valence-corrected chi connectivity index (χ0v) is 15.1. The summed E-state index contributed by atoms with van der Waals surface area (Å²) in [6.45, 7) is 0.978. The van der Waals surface area contributed by atoms with Crippen LogP contribution in [0.1, 0.15) is 18.1 Å². The molecule has 1 unspecified atom stereocenters. The number of hydrogen-bond donors (Lipinski definition) is 1. The van der Waals surface area contributed by atoms with Crippen LogP contribution in [0.15, 0.2) is 48.5 Å². The summed E-state index contributed by atoms with van der Waals surface area (Å²) in [7, 11) is -0.922. The first-order chi connectivity index (χ1) is 11.7. The standard InChI is InChI=1S/C18H20FN3O2S/c1-18(19,13-21-25(23,24)22(2)3)17-10-8-16(9-11-17)15-6-4-14(12-20)5-7-15/h4-11,21H,13H2,1-3H3. The lowest BCUT2D eigenvalue weighted by molar-refractivity contribution is 0.196. The molecule has 0 fully saturated rings. The summed E-state index contributed by atoms with van der Waals surface area (Å²) < 4.78 is 41.6. The Kier molecular flexibility index (Phi) is 5.58. The Morgan fingerprint density at radius 1 is 1.08 bits per heavy atom. The Morgan fingerprint density at radius 2 is 1.56 bits per heavy atom. The Labute approximate surface area is 147 Å². The average Bonchev–Trinajstić information content (AvgIpc) is 2.60. The number of halogens is 1. The molecule has 0 radical (unpaired) electrons. The second-order valence-corrected chi connectivity index (χ2v) is 8.04. The molecule has 0 saturated heterocycles. The molecule has 132 valence electrons. The summed E-state index contributed by atoms with van der Waals surface area (Å²) >= 11 is 0. The lowest BCUT2D eigenvalue weighted by Gasteiger charge is -2.23. The maximum absolute atomic E-state index is 14.9. The van der Waals surface area contributed by atoms with Gasteiger partial charge < -0.3 is 0 Å². The van der Waals surface area contributed by atoms with Gasteiger partial charge in [0.05, 0.1) is 11.6 Å². The molecule has 0 bridgehead atoms. The summed E-state index contributed by atoms with van der Waals surface area (Å²) in [6, 6.07) is 16.0. The summed E-state index contributed by atoms with van der Waals surface area (Å²) in [6.07, 6.45) is 0. The van der Waals surface area contributed by atoms with Gasteiger partial charge >= 0.3 is 0 Å². The minimum absolute atomic E-state index is 0.357. The van der Waals surface area contributed by atoms with Crippen molar-refractivity contribution in [3.05, 3.63) is 59.7 Å². The van der Waals surface area contributed by atoms with Crippen molar-refractivity contribution >= 4 is 10.2 Å². The number of alkyl halides is 1. The Hall–Kier alpha value is -2.27. The number of nitrogens with one attached hydrogen (secondary N) is 1. The van der Waals surface area contributed by atoms with E-state index in [-0.39, 0.29) is 6.54 Å². The van der Waals surface area contributed by atoms with Crippen molar-refractivity contribution in [3.8, 4) is 17.2 Å². The van der Waals surface area contributed by atoms with Crippen LogP contribution in [0.5, 0.6) is 0 Å². The fourth-order valence-electron chi connectivity index (χ4n) is 2.21. The molecule has 0 amide bonds. The van der Waals surface area contributed by atoms with E-state index >= 15 is 0 Å². The maximum atomic E-state index is 14.9. The van der Waals surface area contributed by atoms with Gasteiger partial charge in [0.2, 0.25) is 0 Å². The van der Waals surface area contributed by atoms with E-state index in [1.54, 1.807) is 36.4 Å². The number of nitrogens with zero attached hydrogens (tertiary/aromatic N) is 2. The van der Waals surface area contributed by atoms with Gasteiger partial charge in [-0.15, -0.1) is 0 Å². The van der Waals surface area contributed by atoms with E-state index in [1.807, 2.05) is 12.1 Å². The molecule has 2 aromatic carbocycles. The fraction of sp³-hybridized carbons (Fsp3) is 0.278. The molecule has 0 aliphatic heterocycles. The van der Waals surface area contributed by atoms with E-state index in [2.05, 4.69) is 10.8 Å². The van der Waals surface area contributed by atoms with E-state index < -0.39 is 15.9 Å². The highest BCUT2D eigenvalue weighted by molar-refractivity contribution is 7.87. The molecule has 2 rings (SSSR count). The highest BCUT2D eigenvalue weighted by Gasteiger charge is 2.28. The van der Waals surface area contributed by atoms with Crippen LogP contribution in [0.3, 0.4) is 0 Å². The predicted molar refractivity (Wildman–Crippen MR) is 95.7 cm³/mol. The van der Waals surface area contributed by atoms with Crippen molar-refractivity contribution < 1.29 is 12.8 Å². The maximum Gasteiger partial charge on any atom is 0.279 e. The van der Waals surface area contributed by atoms with Crippen molar-refractivity contribution in [2.24, 2.45) is 0 Å². The van der Waals surface area contributed by atoms with Crippen LogP contribution in [0.4, 0.5) is 4.39 Å². The third-order valence-corrected chi connectivity index (χ3v) is 5.37. The molecule has 5 nitrogen and oxygen atoms in total. The summed E-state index contributed by atoms with van der Waals surface area (Å²) in [5.41, 5.74) is 0.917. The lowest BCUT2D eigenvalue weighted by atomic mass is 9.95. The van der Waals surface area contributed by atoms with Crippen molar-refractivity contribution in [2.75, 3.05) is 20.6 Å². The van der Waals surface area contributed by atoms with E-state index in [4.69, 9.17) is 5.26 Å². The molecule has 1 atom stereocenters. The second kappa shape index (κ2) is 7.31. The summed E-state index contributed by atoms with van der Waals surface area (Å²) in [4.78, 5) is 0. The van der Waals surface area contributed by atoms with Crippen LogP contribution in [0.2, 0.25) is 0 Å². The molecule has 0 aliphatic rings. The second-order valence-electron chi connectivity index (χ2n) is 6.07. The Morgan fingerprint density at radius 3 is 2.00 bits per heavy atom. The van der Waals surface area contributed by atoms with Gasteiger partial charge in [-0.3, -0.25) is 0 Å². The van der Waals surface area contributed by atoms with Gasteiger partial charge in [0.15, 0.2) is 0 Å². The van der Waals surface area contributed by atoms with E-state index in [0.717, 1.165) is 15.4 Å². The van der Waals surface area contributed by atoms with E-state index in [9.17, 15) is 12.8 Å². The molecule has 0 aromatic heterocycles. The smallest absolute Gasteiger partial charge is 0.238 e. The van der Waals surface area contributed by atoms with Crippen molar-refractivity contribution in [3.63, 3.8) is 0 Å². The molecule has 25 heavy (non-hydrogen) atoms. The van der Waals surface area contributed by atoms with Crippen LogP contribution >= 0.6 is 0 Å². The Balaban J connectivity index is 2.16. The normalized spacial score (nSPS) is 14.1. The average molecular weight is 361 g/mol. The summed E-state index contributed by atoms with van der Waals surface area (Å²) in [5.74, 6) is 0. The Bertz CT molecular complexity index is 868. The van der Waals surface area contributed by atoms with Gasteiger partial charge in [-0.25, -0.2) is 4.39 Å². The molecule has 0 spiro atoms. The first-order valence-corrected chi connectivity index (χ1v) is 9.07. The minimum Gasteiger partial charge on any atom is -0.238 e. The molecular formula is C18H20FN3O2S. The van der Waals surface area contributed by atoms with Crippen molar-refractivity contribution in [1.29, 1.82) is 5.26 Å². The van der Waals surface area contributed by atoms with Gasteiger partial charge in [0.1, 0.15) is 5.67 Å². The van der Waals surface area contributed by atoms with Gasteiger partial charge in [-0.05, 0) is 35.7 Å². The van der Waals surface area contributed by atoms with Crippen LogP contribution < -0.4 is 4.72 Å². The monoisotopic (exact) mass is 361 g/mol. The molecule has 0 heterocycles. The summed E-state index contributed by atoms with van der Waals surface area (Å²) in [5, 5.41) is 8.82. The third-order valence-electron chi connectivity index (χ3n) is 3.90. The molecule has 0 aliphatic carbocycles. The van der Waals surface area contributed by atoms with Crippen LogP contribution in [0.25, 0.3) is 11.1 Å². The largest absolute Gasteiger partial charge is 0.279 e. The first-order valence-electron chi connectivity index (χ1n) is 7.63. The van der Waals surface area contributed by atoms with Crippen molar-refractivity contribution in [1.82, 2.24) is 9.03 Å². The van der Waals surface area contributed by atoms with Gasteiger partial charge in [-0.2, -0.15) is 22.7 Å². The predicted octanol–water partition coefficient (Wildman–Crippen LogP) is 2.81. The number of nitriles is 1. The van der Waals surface area contributed by atoms with E-state index in [1.165, 1.54) is 21.0 Å². The molecule has 2 aromatic rings. The van der Waals surface area contributed by atoms with Gasteiger partial charge in [0, 0.05) is 20.6 Å². The number of rotatable bonds is 6. The number of benzene rings is 2. The topological polar surface area (TPSA) is 73.2 Å². The SMILES string of the molecule is CN(C)S(=O)(=O)NCC(C)(F)c1ccc(-c2ccc(C#N)cc2)cc1. The first kappa shape index (κ1) is 19.1. The molecule has 1 N–H and O–H groups in total. The molecule has 7 heteroatoms. The lowest BCUT2D eigenvalue weighted by Crippen LogP contribution is -2.41. The fourth-order valence-corrected chi connectivity index (χ4v) is 2.92. The third kappa shape index (κ3) is 4.63. The number of hydrogen-bond acceptors (Lipinski definition) is 3. The molecule has 0 saturated carbocycles. The highest BCUT2D eigenvalue weighted by atomic mass is 32.2. The van der Waals surface area contributed by atoms with Crippen molar-refractivity contribution in [2.45, 2.75) is 12.6 Å². The molecular weight excluding hydrogens is 341 g/mol.